The van der Waals surface area contributed by atoms with E-state index in [1.807, 2.05) is 0 Å². The molecule has 0 aliphatic carbocycles. The highest BCUT2D eigenvalue weighted by atomic mass is 16.2. The predicted octanol–water partition coefficient (Wildman–Crippen LogP) is 2.57. The smallest absolute Gasteiger partial charge is 0.277 e. The maximum absolute atomic E-state index is 10.2. The van der Waals surface area contributed by atoms with Gasteiger partial charge in [-0.25, -0.2) is 5.43 Å². The van der Waals surface area contributed by atoms with Gasteiger partial charge in [-0.15, -0.1) is 0 Å². The van der Waals surface area contributed by atoms with E-state index in [4.69, 9.17) is 0 Å². The Morgan fingerprint density at radius 1 is 0.696 bits per heavy atom. The number of ketones is 1. The maximum atomic E-state index is 10.2. The van der Waals surface area contributed by atoms with Gasteiger partial charge in [-0.05, 0) is 21.5 Å². The first-order valence-electron chi connectivity index (χ1n) is 6.82. The van der Waals surface area contributed by atoms with Crippen LogP contribution in [0.25, 0.3) is 21.5 Å². The molecular weight excluding hydrogens is 294 g/mol. The topological polar surface area (TPSA) is 88.0 Å². The molecule has 0 atom stereocenters. The number of rotatable bonds is 0. The normalized spacial score (nSPS) is 13.7. The number of hydrogen-bond acceptors (Lipinski definition) is 4. The summed E-state index contributed by atoms with van der Waals surface area (Å²) in [6.07, 6.45) is 0. The molecular formula is C17H11N3O3. The molecule has 4 rings (SSSR count). The van der Waals surface area contributed by atoms with Gasteiger partial charge in [-0.3, -0.25) is 14.4 Å². The van der Waals surface area contributed by atoms with Crippen LogP contribution in [-0.4, -0.2) is 17.6 Å². The molecule has 1 N–H and O–H groups in total. The molecule has 0 unspecified atom stereocenters. The summed E-state index contributed by atoms with van der Waals surface area (Å²) in [6.45, 7) is 0. The van der Waals surface area contributed by atoms with Crippen molar-refractivity contribution in [3.63, 3.8) is 0 Å². The first-order valence-corrected chi connectivity index (χ1v) is 6.82. The first-order chi connectivity index (χ1) is 11.2. The van der Waals surface area contributed by atoms with Crippen molar-refractivity contribution in [2.45, 2.75) is 0 Å². The Morgan fingerprint density at radius 3 is 1.70 bits per heavy atom. The van der Waals surface area contributed by atoms with Gasteiger partial charge in [0.15, 0.2) is 0 Å². The standard InChI is InChI=1S/C14H10.C3HN3O3/c1-3-7-13-11(5-1)9-10-12-6-2-4-8-14(12)13;7-1-2(8)4-6-5-3(1)9/h1-10H;(H,4,5,8,9). The van der Waals surface area contributed by atoms with Crippen LogP contribution >= 0.6 is 0 Å². The van der Waals surface area contributed by atoms with Crippen LogP contribution in [-0.2, 0) is 14.4 Å². The zero-order valence-electron chi connectivity index (χ0n) is 11.9. The largest absolute Gasteiger partial charge is 0.343 e. The van der Waals surface area contributed by atoms with E-state index in [1.165, 1.54) is 21.5 Å². The Bertz CT molecular complexity index is 909. The molecule has 2 amide bonds. The van der Waals surface area contributed by atoms with Gasteiger partial charge in [-0.1, -0.05) is 71.0 Å². The summed E-state index contributed by atoms with van der Waals surface area (Å²) in [5.74, 6) is -3.33. The van der Waals surface area contributed by atoms with Gasteiger partial charge >= 0.3 is 17.6 Å². The van der Waals surface area contributed by atoms with Crippen LogP contribution in [0, 0.1) is 0 Å². The first kappa shape index (κ1) is 14.5. The van der Waals surface area contributed by atoms with Crippen LogP contribution in [0.2, 0.25) is 0 Å². The lowest BCUT2D eigenvalue weighted by Crippen LogP contribution is -2.35. The number of benzene rings is 3. The van der Waals surface area contributed by atoms with E-state index in [0.29, 0.717) is 0 Å². The molecule has 0 radical (unpaired) electrons. The molecule has 6 nitrogen and oxygen atoms in total. The number of carbonyl (C=O) groups excluding carboxylic acids is 3. The van der Waals surface area contributed by atoms with Crippen LogP contribution in [0.15, 0.2) is 71.0 Å². The molecule has 0 spiro atoms. The third-order valence-electron chi connectivity index (χ3n) is 3.35. The number of hydrogen-bond donors (Lipinski definition) is 1. The number of nitrogens with zero attached hydrogens (tertiary/aromatic N) is 2. The highest BCUT2D eigenvalue weighted by molar-refractivity contribution is 6.63. The van der Waals surface area contributed by atoms with Gasteiger partial charge in [0, 0.05) is 0 Å². The fourth-order valence-electron chi connectivity index (χ4n) is 2.26. The number of Topliss-reactive ketones (excluding diaryl/α,β-unsaturated/α-hetero) is 1. The van der Waals surface area contributed by atoms with Crippen LogP contribution < -0.4 is 5.43 Å². The molecule has 112 valence electrons. The van der Waals surface area contributed by atoms with Crippen molar-refractivity contribution in [3.05, 3.63) is 60.7 Å². The quantitative estimate of drug-likeness (QED) is 0.511. The lowest BCUT2D eigenvalue weighted by atomic mass is 10.0. The summed E-state index contributed by atoms with van der Waals surface area (Å²) in [7, 11) is 0. The van der Waals surface area contributed by atoms with Crippen molar-refractivity contribution in [3.8, 4) is 0 Å². The fraction of sp³-hybridized carbons (Fsp3) is 0. The summed E-state index contributed by atoms with van der Waals surface area (Å²) in [4.78, 5) is 30.5. The molecule has 6 heteroatoms. The molecule has 1 aliphatic heterocycles. The molecule has 1 heterocycles. The third-order valence-corrected chi connectivity index (χ3v) is 3.35. The van der Waals surface area contributed by atoms with Gasteiger partial charge in [0.25, 0.3) is 0 Å². The second-order valence-corrected chi connectivity index (χ2v) is 4.78. The van der Waals surface area contributed by atoms with Crippen molar-refractivity contribution in [1.82, 2.24) is 5.43 Å². The predicted molar refractivity (Wildman–Crippen MR) is 84.5 cm³/mol. The maximum Gasteiger partial charge on any atom is 0.343 e. The highest BCUT2D eigenvalue weighted by Crippen LogP contribution is 2.24. The Hall–Kier alpha value is -3.41. The summed E-state index contributed by atoms with van der Waals surface area (Å²) < 4.78 is 0. The second kappa shape index (κ2) is 6.15. The van der Waals surface area contributed by atoms with Crippen molar-refractivity contribution >= 4 is 39.1 Å². The monoisotopic (exact) mass is 305 g/mol. The highest BCUT2D eigenvalue weighted by Gasteiger charge is 2.25. The Balaban J connectivity index is 0.000000151. The lowest BCUT2D eigenvalue weighted by molar-refractivity contribution is -0.146. The number of amides is 2. The van der Waals surface area contributed by atoms with E-state index in [9.17, 15) is 14.4 Å². The van der Waals surface area contributed by atoms with E-state index in [0.717, 1.165) is 0 Å². The molecule has 0 saturated carbocycles. The van der Waals surface area contributed by atoms with Crippen LogP contribution in [0.4, 0.5) is 0 Å². The van der Waals surface area contributed by atoms with Gasteiger partial charge in [-0.2, -0.15) is 0 Å². The zero-order valence-corrected chi connectivity index (χ0v) is 11.9. The third kappa shape index (κ3) is 2.96. The number of carbonyl (C=O) groups is 3. The minimum atomic E-state index is -1.18. The summed E-state index contributed by atoms with van der Waals surface area (Å²) in [5, 5.41) is 10.9. The average molecular weight is 305 g/mol. The fourth-order valence-corrected chi connectivity index (χ4v) is 2.26. The molecule has 0 fully saturated rings. The molecule has 23 heavy (non-hydrogen) atoms. The molecule has 3 aromatic carbocycles. The van der Waals surface area contributed by atoms with Crippen molar-refractivity contribution in [2.75, 3.05) is 0 Å². The molecule has 3 aromatic rings. The SMILES string of the molecule is O=C1N=NNC(=O)C1=O.c1ccc2c(c1)ccc1ccccc12. The number of nitrogens with one attached hydrogen (secondary N) is 1. The van der Waals surface area contributed by atoms with Crippen molar-refractivity contribution in [2.24, 2.45) is 10.3 Å². The molecule has 0 aromatic heterocycles. The van der Waals surface area contributed by atoms with Crippen LogP contribution in [0.1, 0.15) is 0 Å². The summed E-state index contributed by atoms with van der Waals surface area (Å²) in [6, 6.07) is 21.4. The van der Waals surface area contributed by atoms with E-state index in [2.05, 4.69) is 71.0 Å². The Labute approximate surface area is 130 Å². The Morgan fingerprint density at radius 2 is 1.22 bits per heavy atom. The molecule has 1 aliphatic rings. The summed E-state index contributed by atoms with van der Waals surface area (Å²) in [5.41, 5.74) is 1.71. The van der Waals surface area contributed by atoms with Gasteiger partial charge in [0.1, 0.15) is 0 Å². The molecule has 0 saturated heterocycles. The van der Waals surface area contributed by atoms with Crippen LogP contribution in [0.5, 0.6) is 0 Å². The summed E-state index contributed by atoms with van der Waals surface area (Å²) >= 11 is 0. The second-order valence-electron chi connectivity index (χ2n) is 4.78. The Kier molecular flexibility index (Phi) is 3.88. The van der Waals surface area contributed by atoms with Gasteiger partial charge < -0.3 is 0 Å². The zero-order chi connectivity index (χ0) is 16.2. The average Bonchev–Trinajstić information content (AvgIpc) is 2.60. The van der Waals surface area contributed by atoms with Gasteiger partial charge in [0.2, 0.25) is 0 Å². The van der Waals surface area contributed by atoms with E-state index < -0.39 is 17.6 Å². The number of fused-ring (bicyclic) bond motifs is 3. The van der Waals surface area contributed by atoms with E-state index in [1.54, 1.807) is 5.43 Å². The van der Waals surface area contributed by atoms with Crippen molar-refractivity contribution < 1.29 is 14.4 Å². The van der Waals surface area contributed by atoms with E-state index in [-0.39, 0.29) is 0 Å². The van der Waals surface area contributed by atoms with Gasteiger partial charge in [0.05, 0.1) is 0 Å². The van der Waals surface area contributed by atoms with Crippen LogP contribution in [0.3, 0.4) is 0 Å². The van der Waals surface area contributed by atoms with Crippen molar-refractivity contribution in [1.29, 1.82) is 0 Å². The minimum absolute atomic E-state index is 1.03. The van der Waals surface area contributed by atoms with E-state index >= 15 is 0 Å². The molecule has 0 bridgehead atoms. The lowest BCUT2D eigenvalue weighted by Gasteiger charge is -2.02. The minimum Gasteiger partial charge on any atom is -0.277 e.